The summed E-state index contributed by atoms with van der Waals surface area (Å²) in [6, 6.07) is 9.38. The molecule has 1 aliphatic heterocycles. The zero-order valence-electron chi connectivity index (χ0n) is 13.3. The Labute approximate surface area is 128 Å². The number of para-hydroxylation sites is 1. The Balaban J connectivity index is 2.18. The van der Waals surface area contributed by atoms with Crippen LogP contribution in [0.15, 0.2) is 24.3 Å². The summed E-state index contributed by atoms with van der Waals surface area (Å²) in [5, 5.41) is 3.75. The molecule has 1 N–H and O–H groups in total. The highest BCUT2D eigenvalue weighted by atomic mass is 32.2. The zero-order valence-corrected chi connectivity index (χ0v) is 14.1. The first-order chi connectivity index (χ1) is 9.52. The number of fused-ring (bicyclic) bond motifs is 1. The van der Waals surface area contributed by atoms with E-state index in [1.165, 1.54) is 23.4 Å². The molecule has 1 heterocycles. The largest absolute Gasteiger partial charge is 0.370 e. The van der Waals surface area contributed by atoms with Crippen LogP contribution < -0.4 is 10.2 Å². The topological polar surface area (TPSA) is 15.3 Å². The van der Waals surface area contributed by atoms with Gasteiger partial charge in [0, 0.05) is 31.4 Å². The lowest BCUT2D eigenvalue weighted by atomic mass is 9.86. The van der Waals surface area contributed by atoms with Crippen molar-refractivity contribution in [3.8, 4) is 0 Å². The normalized spacial score (nSPS) is 19.6. The van der Waals surface area contributed by atoms with Crippen molar-refractivity contribution >= 4 is 17.4 Å². The third kappa shape index (κ3) is 3.92. The number of benzene rings is 1. The first-order valence-electron chi connectivity index (χ1n) is 7.57. The fourth-order valence-corrected chi connectivity index (χ4v) is 3.19. The van der Waals surface area contributed by atoms with Gasteiger partial charge >= 0.3 is 0 Å². The number of thioether (sulfide) groups is 1. The van der Waals surface area contributed by atoms with E-state index in [1.807, 2.05) is 11.8 Å². The fraction of sp³-hybridized carbons (Fsp3) is 0.647. The molecule has 1 atom stereocenters. The van der Waals surface area contributed by atoms with Crippen molar-refractivity contribution in [2.24, 2.45) is 5.41 Å². The van der Waals surface area contributed by atoms with Crippen molar-refractivity contribution in [1.29, 1.82) is 0 Å². The van der Waals surface area contributed by atoms with Crippen LogP contribution in [0.3, 0.4) is 0 Å². The molecule has 2 nitrogen and oxygen atoms in total. The van der Waals surface area contributed by atoms with Gasteiger partial charge in [-0.2, -0.15) is 11.8 Å². The van der Waals surface area contributed by atoms with Gasteiger partial charge < -0.3 is 10.2 Å². The van der Waals surface area contributed by atoms with E-state index in [4.69, 9.17) is 0 Å². The third-order valence-corrected chi connectivity index (χ3v) is 4.79. The predicted octanol–water partition coefficient (Wildman–Crippen LogP) is 3.76. The smallest absolute Gasteiger partial charge is 0.0412 e. The number of nitrogens with zero attached hydrogens (tertiary/aromatic N) is 1. The second kappa shape index (κ2) is 6.86. The molecule has 2 rings (SSSR count). The molecule has 1 unspecified atom stereocenters. The van der Waals surface area contributed by atoms with Gasteiger partial charge in [0.1, 0.15) is 0 Å². The standard InChI is InChI=1S/C17H28N2S/c1-17(2,3)16-13-19(10-7-11-20-4)15-9-6-5-8-14(15)12-18-16/h5-6,8-9,16,18H,7,10-13H2,1-4H3. The highest BCUT2D eigenvalue weighted by Crippen LogP contribution is 2.29. The van der Waals surface area contributed by atoms with Crippen molar-refractivity contribution in [2.45, 2.75) is 39.8 Å². The Kier molecular flexibility index (Phi) is 5.39. The molecule has 0 spiro atoms. The monoisotopic (exact) mass is 292 g/mol. The molecule has 0 fully saturated rings. The average Bonchev–Trinajstić information content (AvgIpc) is 2.59. The van der Waals surface area contributed by atoms with Gasteiger partial charge in [-0.3, -0.25) is 0 Å². The Hall–Kier alpha value is -0.670. The molecule has 0 bridgehead atoms. The number of rotatable bonds is 4. The Morgan fingerprint density at radius 1 is 1.30 bits per heavy atom. The molecular weight excluding hydrogens is 264 g/mol. The maximum atomic E-state index is 3.75. The van der Waals surface area contributed by atoms with Gasteiger partial charge in [-0.15, -0.1) is 0 Å². The molecule has 20 heavy (non-hydrogen) atoms. The van der Waals surface area contributed by atoms with Crippen LogP contribution in [-0.4, -0.2) is 31.1 Å². The molecule has 0 radical (unpaired) electrons. The van der Waals surface area contributed by atoms with Crippen LogP contribution in [0.25, 0.3) is 0 Å². The molecule has 112 valence electrons. The van der Waals surface area contributed by atoms with E-state index in [2.05, 4.69) is 61.5 Å². The summed E-state index contributed by atoms with van der Waals surface area (Å²) in [6.45, 7) is 10.3. The lowest BCUT2D eigenvalue weighted by Gasteiger charge is -2.35. The minimum atomic E-state index is 0.291. The lowest BCUT2D eigenvalue weighted by Crippen LogP contribution is -2.46. The van der Waals surface area contributed by atoms with Crippen molar-refractivity contribution in [3.63, 3.8) is 0 Å². The average molecular weight is 292 g/mol. The van der Waals surface area contributed by atoms with E-state index >= 15 is 0 Å². The quantitative estimate of drug-likeness (QED) is 0.851. The first kappa shape index (κ1) is 15.7. The van der Waals surface area contributed by atoms with E-state index in [0.29, 0.717) is 11.5 Å². The Bertz CT molecular complexity index is 425. The maximum absolute atomic E-state index is 3.75. The Morgan fingerprint density at radius 2 is 2.05 bits per heavy atom. The predicted molar refractivity (Wildman–Crippen MR) is 91.7 cm³/mol. The zero-order chi connectivity index (χ0) is 14.6. The molecule has 0 saturated heterocycles. The molecule has 1 aromatic carbocycles. The van der Waals surface area contributed by atoms with Gasteiger partial charge in [0.25, 0.3) is 0 Å². The van der Waals surface area contributed by atoms with Gasteiger partial charge in [-0.25, -0.2) is 0 Å². The van der Waals surface area contributed by atoms with Crippen molar-refractivity contribution < 1.29 is 0 Å². The summed E-state index contributed by atoms with van der Waals surface area (Å²) in [4.78, 5) is 2.58. The van der Waals surface area contributed by atoms with Crippen molar-refractivity contribution in [3.05, 3.63) is 29.8 Å². The highest BCUT2D eigenvalue weighted by Gasteiger charge is 2.29. The van der Waals surface area contributed by atoms with Crippen LogP contribution in [0, 0.1) is 5.41 Å². The summed E-state index contributed by atoms with van der Waals surface area (Å²) in [5.41, 5.74) is 3.15. The second-order valence-corrected chi connectivity index (χ2v) is 7.71. The molecule has 1 aromatic rings. The number of hydrogen-bond donors (Lipinski definition) is 1. The SMILES string of the molecule is CSCCCN1CC(C(C)(C)C)NCc2ccccc21. The van der Waals surface area contributed by atoms with Gasteiger partial charge in [-0.05, 0) is 35.5 Å². The van der Waals surface area contributed by atoms with Crippen molar-refractivity contribution in [1.82, 2.24) is 5.32 Å². The van der Waals surface area contributed by atoms with E-state index in [-0.39, 0.29) is 0 Å². The summed E-state index contributed by atoms with van der Waals surface area (Å²) < 4.78 is 0. The minimum Gasteiger partial charge on any atom is -0.370 e. The van der Waals surface area contributed by atoms with Gasteiger partial charge in [0.2, 0.25) is 0 Å². The van der Waals surface area contributed by atoms with E-state index in [9.17, 15) is 0 Å². The van der Waals surface area contributed by atoms with Crippen LogP contribution in [0.1, 0.15) is 32.8 Å². The van der Waals surface area contributed by atoms with Gasteiger partial charge in [0.05, 0.1) is 0 Å². The number of nitrogens with one attached hydrogen (secondary N) is 1. The molecule has 0 amide bonds. The summed E-state index contributed by atoms with van der Waals surface area (Å²) in [6.07, 6.45) is 3.45. The lowest BCUT2D eigenvalue weighted by molar-refractivity contribution is 0.272. The molecule has 0 aromatic heterocycles. The second-order valence-electron chi connectivity index (χ2n) is 6.72. The molecule has 1 aliphatic rings. The molecule has 0 saturated carbocycles. The van der Waals surface area contributed by atoms with Crippen LogP contribution >= 0.6 is 11.8 Å². The summed E-state index contributed by atoms with van der Waals surface area (Å²) in [7, 11) is 0. The minimum absolute atomic E-state index is 0.291. The van der Waals surface area contributed by atoms with E-state index < -0.39 is 0 Å². The summed E-state index contributed by atoms with van der Waals surface area (Å²) >= 11 is 1.94. The molecule has 3 heteroatoms. The van der Waals surface area contributed by atoms with Crippen molar-refractivity contribution in [2.75, 3.05) is 30.0 Å². The van der Waals surface area contributed by atoms with Crippen LogP contribution in [0.2, 0.25) is 0 Å². The third-order valence-electron chi connectivity index (χ3n) is 4.10. The number of hydrogen-bond acceptors (Lipinski definition) is 3. The fourth-order valence-electron chi connectivity index (χ4n) is 2.78. The molecular formula is C17H28N2S. The number of anilines is 1. The molecule has 0 aliphatic carbocycles. The van der Waals surface area contributed by atoms with Crippen LogP contribution in [-0.2, 0) is 6.54 Å². The first-order valence-corrected chi connectivity index (χ1v) is 8.97. The Morgan fingerprint density at radius 3 is 2.75 bits per heavy atom. The highest BCUT2D eigenvalue weighted by molar-refractivity contribution is 7.98. The van der Waals surface area contributed by atoms with Gasteiger partial charge in [0.15, 0.2) is 0 Å². The maximum Gasteiger partial charge on any atom is 0.0412 e. The van der Waals surface area contributed by atoms with E-state index in [1.54, 1.807) is 0 Å². The van der Waals surface area contributed by atoms with E-state index in [0.717, 1.165) is 19.6 Å². The van der Waals surface area contributed by atoms with Crippen LogP contribution in [0.5, 0.6) is 0 Å². The van der Waals surface area contributed by atoms with Crippen LogP contribution in [0.4, 0.5) is 5.69 Å². The summed E-state index contributed by atoms with van der Waals surface area (Å²) in [5.74, 6) is 1.24. The van der Waals surface area contributed by atoms with Gasteiger partial charge in [-0.1, -0.05) is 39.0 Å².